The van der Waals surface area contributed by atoms with Gasteiger partial charge in [0.2, 0.25) is 0 Å². The largest absolute Gasteiger partial charge is 0.444 e. The van der Waals surface area contributed by atoms with Crippen molar-refractivity contribution in [3.8, 4) is 0 Å². The molecule has 0 aliphatic heterocycles. The molecule has 1 heterocycles. The van der Waals surface area contributed by atoms with Gasteiger partial charge in [-0.1, -0.05) is 0 Å². The summed E-state index contributed by atoms with van der Waals surface area (Å²) in [6.45, 7) is 6.18. The van der Waals surface area contributed by atoms with E-state index in [1.807, 2.05) is 62.8 Å². The molecule has 1 amide bonds. The summed E-state index contributed by atoms with van der Waals surface area (Å²) >= 11 is 0. The third-order valence-corrected chi connectivity index (χ3v) is 2.93. The fourth-order valence-electron chi connectivity index (χ4n) is 1.86. The van der Waals surface area contributed by atoms with Crippen molar-refractivity contribution in [2.24, 2.45) is 7.05 Å². The van der Waals surface area contributed by atoms with Crippen LogP contribution in [0.25, 0.3) is 0 Å². The smallest absolute Gasteiger partial charge is 0.412 e. The molecule has 0 aliphatic carbocycles. The van der Waals surface area contributed by atoms with Crippen molar-refractivity contribution < 1.29 is 9.53 Å². The van der Waals surface area contributed by atoms with E-state index in [0.29, 0.717) is 12.2 Å². The van der Waals surface area contributed by atoms with E-state index in [1.165, 1.54) is 0 Å². The number of rotatable bonds is 4. The first-order valence-electron chi connectivity index (χ1n) is 7.14. The highest BCUT2D eigenvalue weighted by atomic mass is 16.6. The molecular formula is C16H22N4O2. The fraction of sp³-hybridized carbons (Fsp3) is 0.375. The molecule has 1 aromatic carbocycles. The lowest BCUT2D eigenvalue weighted by Gasteiger charge is -2.19. The molecule has 0 unspecified atom stereocenters. The van der Waals surface area contributed by atoms with Crippen LogP contribution in [0.1, 0.15) is 26.5 Å². The van der Waals surface area contributed by atoms with Crippen LogP contribution in [0.5, 0.6) is 0 Å². The third-order valence-electron chi connectivity index (χ3n) is 2.93. The van der Waals surface area contributed by atoms with Crippen molar-refractivity contribution >= 4 is 17.5 Å². The van der Waals surface area contributed by atoms with Gasteiger partial charge in [-0.2, -0.15) is 5.10 Å². The predicted octanol–water partition coefficient (Wildman–Crippen LogP) is 3.38. The maximum atomic E-state index is 11.7. The summed E-state index contributed by atoms with van der Waals surface area (Å²) in [5.74, 6) is 0. The minimum Gasteiger partial charge on any atom is -0.444 e. The second-order valence-corrected chi connectivity index (χ2v) is 6.00. The van der Waals surface area contributed by atoms with Crippen molar-refractivity contribution in [3.63, 3.8) is 0 Å². The first-order chi connectivity index (χ1) is 10.3. The van der Waals surface area contributed by atoms with E-state index in [-0.39, 0.29) is 0 Å². The number of carbonyl (C=O) groups is 1. The zero-order valence-electron chi connectivity index (χ0n) is 13.4. The SMILES string of the molecule is Cn1nccc1CNc1ccc(NC(=O)OC(C)(C)C)cc1. The molecule has 1 aromatic heterocycles. The Balaban J connectivity index is 1.87. The average molecular weight is 302 g/mol. The van der Waals surface area contributed by atoms with Crippen molar-refractivity contribution in [2.75, 3.05) is 10.6 Å². The Morgan fingerprint density at radius 1 is 1.18 bits per heavy atom. The number of aromatic nitrogens is 2. The molecule has 0 fully saturated rings. The molecule has 2 rings (SSSR count). The highest BCUT2D eigenvalue weighted by Crippen LogP contribution is 2.16. The molecule has 22 heavy (non-hydrogen) atoms. The van der Waals surface area contributed by atoms with Crippen molar-refractivity contribution in [3.05, 3.63) is 42.2 Å². The number of hydrogen-bond donors (Lipinski definition) is 2. The molecule has 0 aliphatic rings. The number of carbonyl (C=O) groups excluding carboxylic acids is 1. The molecule has 6 heteroatoms. The van der Waals surface area contributed by atoms with Gasteiger partial charge in [0.15, 0.2) is 0 Å². The highest BCUT2D eigenvalue weighted by molar-refractivity contribution is 5.85. The van der Waals surface area contributed by atoms with Gasteiger partial charge in [0.05, 0.1) is 12.2 Å². The summed E-state index contributed by atoms with van der Waals surface area (Å²) in [7, 11) is 1.91. The molecule has 118 valence electrons. The molecule has 2 aromatic rings. The second-order valence-electron chi connectivity index (χ2n) is 6.00. The number of ether oxygens (including phenoxy) is 1. The summed E-state index contributed by atoms with van der Waals surface area (Å²) < 4.78 is 7.03. The lowest BCUT2D eigenvalue weighted by Crippen LogP contribution is -2.27. The highest BCUT2D eigenvalue weighted by Gasteiger charge is 2.15. The van der Waals surface area contributed by atoms with Crippen LogP contribution in [0, 0.1) is 0 Å². The maximum absolute atomic E-state index is 11.7. The van der Waals surface area contributed by atoms with E-state index in [0.717, 1.165) is 11.4 Å². The van der Waals surface area contributed by atoms with Gasteiger partial charge < -0.3 is 10.1 Å². The standard InChI is InChI=1S/C16H22N4O2/c1-16(2,3)22-15(21)19-13-7-5-12(6-8-13)17-11-14-9-10-18-20(14)4/h5-10,17H,11H2,1-4H3,(H,19,21). The van der Waals surface area contributed by atoms with Crippen LogP contribution < -0.4 is 10.6 Å². The van der Waals surface area contributed by atoms with Gasteiger partial charge in [-0.15, -0.1) is 0 Å². The summed E-state index contributed by atoms with van der Waals surface area (Å²) in [6.07, 6.45) is 1.31. The summed E-state index contributed by atoms with van der Waals surface area (Å²) in [4.78, 5) is 11.7. The van der Waals surface area contributed by atoms with E-state index < -0.39 is 11.7 Å². The van der Waals surface area contributed by atoms with E-state index >= 15 is 0 Å². The number of anilines is 2. The number of amides is 1. The van der Waals surface area contributed by atoms with Crippen LogP contribution in [0.2, 0.25) is 0 Å². The zero-order valence-corrected chi connectivity index (χ0v) is 13.4. The summed E-state index contributed by atoms with van der Waals surface area (Å²) in [5, 5.41) is 10.1. The number of benzene rings is 1. The van der Waals surface area contributed by atoms with Gasteiger partial charge in [0.1, 0.15) is 5.60 Å². The van der Waals surface area contributed by atoms with Crippen molar-refractivity contribution in [1.82, 2.24) is 9.78 Å². The zero-order chi connectivity index (χ0) is 16.2. The van der Waals surface area contributed by atoms with Crippen LogP contribution in [-0.2, 0) is 18.3 Å². The number of nitrogens with zero attached hydrogens (tertiary/aromatic N) is 2. The molecule has 0 bridgehead atoms. The van der Waals surface area contributed by atoms with Crippen molar-refractivity contribution in [2.45, 2.75) is 32.9 Å². The van der Waals surface area contributed by atoms with Crippen molar-refractivity contribution in [1.29, 1.82) is 0 Å². The average Bonchev–Trinajstić information content (AvgIpc) is 2.81. The first-order valence-corrected chi connectivity index (χ1v) is 7.14. The molecule has 0 spiro atoms. The van der Waals surface area contributed by atoms with E-state index in [9.17, 15) is 4.79 Å². The third kappa shape index (κ3) is 4.80. The van der Waals surface area contributed by atoms with Gasteiger partial charge in [-0.05, 0) is 51.1 Å². The van der Waals surface area contributed by atoms with Crippen LogP contribution in [-0.4, -0.2) is 21.5 Å². The van der Waals surface area contributed by atoms with Gasteiger partial charge in [-0.3, -0.25) is 10.00 Å². The lowest BCUT2D eigenvalue weighted by atomic mass is 10.2. The first kappa shape index (κ1) is 15.9. The molecule has 6 nitrogen and oxygen atoms in total. The maximum Gasteiger partial charge on any atom is 0.412 e. The molecule has 0 saturated carbocycles. The van der Waals surface area contributed by atoms with E-state index in [1.54, 1.807) is 6.20 Å². The van der Waals surface area contributed by atoms with Gasteiger partial charge >= 0.3 is 6.09 Å². The van der Waals surface area contributed by atoms with Gasteiger partial charge in [-0.25, -0.2) is 4.79 Å². The Bertz CT molecular complexity index is 626. The van der Waals surface area contributed by atoms with Gasteiger partial charge in [0.25, 0.3) is 0 Å². The molecule has 0 radical (unpaired) electrons. The number of hydrogen-bond acceptors (Lipinski definition) is 4. The molecule has 0 saturated heterocycles. The Hall–Kier alpha value is -2.50. The van der Waals surface area contributed by atoms with Crippen LogP contribution in [0.15, 0.2) is 36.5 Å². The minimum absolute atomic E-state index is 0.455. The predicted molar refractivity (Wildman–Crippen MR) is 86.8 cm³/mol. The van der Waals surface area contributed by atoms with E-state index in [4.69, 9.17) is 4.74 Å². The Labute approximate surface area is 130 Å². The monoisotopic (exact) mass is 302 g/mol. The van der Waals surface area contributed by atoms with Crippen LogP contribution in [0.4, 0.5) is 16.2 Å². The Morgan fingerprint density at radius 2 is 1.82 bits per heavy atom. The Kier molecular flexibility index (Phi) is 4.70. The number of aryl methyl sites for hydroxylation is 1. The summed E-state index contributed by atoms with van der Waals surface area (Å²) in [5.41, 5.74) is 2.25. The quantitative estimate of drug-likeness (QED) is 0.908. The second kappa shape index (κ2) is 6.51. The molecule has 2 N–H and O–H groups in total. The van der Waals surface area contributed by atoms with Gasteiger partial charge in [0, 0.05) is 24.6 Å². The molecule has 0 atom stereocenters. The minimum atomic E-state index is -0.505. The Morgan fingerprint density at radius 3 is 2.36 bits per heavy atom. The molecular weight excluding hydrogens is 280 g/mol. The number of nitrogens with one attached hydrogen (secondary N) is 2. The lowest BCUT2D eigenvalue weighted by molar-refractivity contribution is 0.0636. The van der Waals surface area contributed by atoms with Crippen LogP contribution >= 0.6 is 0 Å². The van der Waals surface area contributed by atoms with Crippen LogP contribution in [0.3, 0.4) is 0 Å². The fourth-order valence-corrected chi connectivity index (χ4v) is 1.86. The normalized spacial score (nSPS) is 11.1. The topological polar surface area (TPSA) is 68.2 Å². The van der Waals surface area contributed by atoms with E-state index in [2.05, 4.69) is 15.7 Å². The summed E-state index contributed by atoms with van der Waals surface area (Å²) in [6, 6.07) is 9.43.